The minimum absolute atomic E-state index is 0.0235. The number of rotatable bonds is 6. The predicted octanol–water partition coefficient (Wildman–Crippen LogP) is 3.58. The molecule has 2 rings (SSSR count). The van der Waals surface area contributed by atoms with Gasteiger partial charge < -0.3 is 15.3 Å². The predicted molar refractivity (Wildman–Crippen MR) is 99.2 cm³/mol. The van der Waals surface area contributed by atoms with Crippen LogP contribution in [0.4, 0.5) is 0 Å². The summed E-state index contributed by atoms with van der Waals surface area (Å²) in [5, 5.41) is 27.7. The molecule has 0 aliphatic heterocycles. The average Bonchev–Trinajstić information content (AvgIpc) is 2.53. The van der Waals surface area contributed by atoms with Crippen LogP contribution in [0, 0.1) is 0 Å². The van der Waals surface area contributed by atoms with E-state index < -0.39 is 10.4 Å². The Morgan fingerprint density at radius 3 is 1.92 bits per heavy atom. The van der Waals surface area contributed by atoms with E-state index in [2.05, 4.69) is 4.18 Å². The molecule has 0 saturated heterocycles. The molecule has 142 valence electrons. The summed E-state index contributed by atoms with van der Waals surface area (Å²) in [6, 6.07) is 11.1. The van der Waals surface area contributed by atoms with Crippen LogP contribution >= 0.6 is 0 Å². The van der Waals surface area contributed by atoms with Crippen LogP contribution in [0.5, 0.6) is 17.2 Å². The topological polar surface area (TPSA) is 124 Å². The molecule has 0 radical (unpaired) electrons. The molecule has 4 N–H and O–H groups in total. The molecule has 7 nitrogen and oxygen atoms in total. The van der Waals surface area contributed by atoms with Gasteiger partial charge in [0.1, 0.15) is 17.2 Å². The Morgan fingerprint density at radius 1 is 0.885 bits per heavy atom. The maximum Gasteiger partial charge on any atom is 0.397 e. The number of phenols is 3. The summed E-state index contributed by atoms with van der Waals surface area (Å²) < 4.78 is 31.7. The van der Waals surface area contributed by atoms with Gasteiger partial charge in [-0.2, -0.15) is 8.42 Å². The molecule has 0 fully saturated rings. The summed E-state index contributed by atoms with van der Waals surface area (Å²) in [5.74, 6) is 0.267. The van der Waals surface area contributed by atoms with Crippen LogP contribution < -0.4 is 0 Å². The molecule has 26 heavy (non-hydrogen) atoms. The van der Waals surface area contributed by atoms with Crippen LogP contribution in [0.25, 0.3) is 12.2 Å². The van der Waals surface area contributed by atoms with Gasteiger partial charge in [-0.15, -0.1) is 0 Å². The summed E-state index contributed by atoms with van der Waals surface area (Å²) in [7, 11) is -4.20. The zero-order valence-corrected chi connectivity index (χ0v) is 15.1. The first-order valence-electron chi connectivity index (χ1n) is 7.81. The van der Waals surface area contributed by atoms with Crippen molar-refractivity contribution in [3.05, 3.63) is 53.6 Å². The summed E-state index contributed by atoms with van der Waals surface area (Å²) in [6.45, 7) is 1.96. The number of hydrogen-bond acceptors (Lipinski definition) is 6. The van der Waals surface area contributed by atoms with E-state index in [1.54, 1.807) is 42.5 Å². The zero-order chi connectivity index (χ0) is 19.6. The second-order valence-corrected chi connectivity index (χ2v) is 6.40. The highest BCUT2D eigenvalue weighted by Gasteiger charge is 2.01. The van der Waals surface area contributed by atoms with E-state index in [0.29, 0.717) is 12.0 Å². The molecule has 2 aromatic rings. The molecule has 8 heteroatoms. The van der Waals surface area contributed by atoms with Crippen molar-refractivity contribution in [1.29, 1.82) is 0 Å². The fourth-order valence-corrected chi connectivity index (χ4v) is 2.13. The lowest BCUT2D eigenvalue weighted by molar-refractivity contribution is 0.264. The molecule has 0 aliphatic rings. The van der Waals surface area contributed by atoms with Crippen LogP contribution in [0.15, 0.2) is 42.5 Å². The minimum Gasteiger partial charge on any atom is -0.508 e. The first-order chi connectivity index (χ1) is 12.2. The number of phenolic OH excluding ortho intramolecular Hbond substituents is 3. The average molecular weight is 382 g/mol. The first-order valence-corrected chi connectivity index (χ1v) is 9.18. The van der Waals surface area contributed by atoms with Crippen molar-refractivity contribution < 1.29 is 32.5 Å². The van der Waals surface area contributed by atoms with Crippen molar-refractivity contribution in [3.8, 4) is 17.2 Å². The second-order valence-electron chi connectivity index (χ2n) is 5.31. The van der Waals surface area contributed by atoms with Gasteiger partial charge in [-0.05, 0) is 41.8 Å². The SMILES string of the molecule is CCCCOS(=O)(=O)O.Oc1ccc(C=Cc2cc(O)cc(O)c2)cc1. The standard InChI is InChI=1S/C14H12O3.C4H10O4S/c15-12-5-3-10(4-6-12)1-2-11-7-13(16)9-14(17)8-11;1-2-3-4-8-9(5,6)7/h1-9,15-17H;2-4H2,1H3,(H,5,6,7). The van der Waals surface area contributed by atoms with E-state index in [-0.39, 0.29) is 23.9 Å². The van der Waals surface area contributed by atoms with Gasteiger partial charge in [-0.25, -0.2) is 4.18 Å². The smallest absolute Gasteiger partial charge is 0.397 e. The van der Waals surface area contributed by atoms with Gasteiger partial charge in [0.25, 0.3) is 0 Å². The molecule has 0 saturated carbocycles. The summed E-state index contributed by atoms with van der Waals surface area (Å²) in [4.78, 5) is 0. The molecule has 0 spiro atoms. The molecule has 0 atom stereocenters. The largest absolute Gasteiger partial charge is 0.508 e. The van der Waals surface area contributed by atoms with Crippen molar-refractivity contribution in [3.63, 3.8) is 0 Å². The Labute approximate surface area is 152 Å². The molecule has 0 aromatic heterocycles. The highest BCUT2D eigenvalue weighted by Crippen LogP contribution is 2.22. The van der Waals surface area contributed by atoms with Crippen molar-refractivity contribution in [1.82, 2.24) is 0 Å². The summed E-state index contributed by atoms with van der Waals surface area (Å²) in [6.07, 6.45) is 5.08. The number of aromatic hydroxyl groups is 3. The molecule has 0 aliphatic carbocycles. The van der Waals surface area contributed by atoms with E-state index in [1.165, 1.54) is 6.07 Å². The highest BCUT2D eigenvalue weighted by atomic mass is 32.3. The normalized spacial score (nSPS) is 11.2. The molecular formula is C18H22O7S. The summed E-state index contributed by atoms with van der Waals surface area (Å²) >= 11 is 0. The Morgan fingerprint density at radius 2 is 1.42 bits per heavy atom. The van der Waals surface area contributed by atoms with Crippen molar-refractivity contribution in [2.75, 3.05) is 6.61 Å². The third-order valence-corrected chi connectivity index (χ3v) is 3.48. The number of hydrogen-bond donors (Lipinski definition) is 4. The van der Waals surface area contributed by atoms with E-state index in [0.717, 1.165) is 12.0 Å². The minimum atomic E-state index is -4.20. The lowest BCUT2D eigenvalue weighted by Gasteiger charge is -1.98. The van der Waals surface area contributed by atoms with Gasteiger partial charge >= 0.3 is 10.4 Å². The second kappa shape index (κ2) is 10.4. The fraction of sp³-hybridized carbons (Fsp3) is 0.222. The lowest BCUT2D eigenvalue weighted by atomic mass is 10.1. The van der Waals surface area contributed by atoms with E-state index >= 15 is 0 Å². The molecule has 0 amide bonds. The van der Waals surface area contributed by atoms with Gasteiger partial charge in [0.2, 0.25) is 0 Å². The quantitative estimate of drug-likeness (QED) is 0.342. The number of unbranched alkanes of at least 4 members (excludes halogenated alkanes) is 1. The summed E-state index contributed by atoms with van der Waals surface area (Å²) in [5.41, 5.74) is 1.63. The maximum atomic E-state index is 9.84. The van der Waals surface area contributed by atoms with Gasteiger partial charge in [0.15, 0.2) is 0 Å². The maximum absolute atomic E-state index is 9.84. The zero-order valence-electron chi connectivity index (χ0n) is 14.2. The monoisotopic (exact) mass is 382 g/mol. The van der Waals surface area contributed by atoms with E-state index in [1.807, 2.05) is 13.0 Å². The van der Waals surface area contributed by atoms with Crippen LogP contribution in [-0.4, -0.2) is 34.9 Å². The third-order valence-electron chi connectivity index (χ3n) is 3.02. The van der Waals surface area contributed by atoms with E-state index in [9.17, 15) is 18.6 Å². The Balaban J connectivity index is 0.000000321. The lowest BCUT2D eigenvalue weighted by Crippen LogP contribution is -2.04. The van der Waals surface area contributed by atoms with Gasteiger partial charge in [0, 0.05) is 6.07 Å². The Kier molecular flexibility index (Phi) is 8.63. The first kappa shape index (κ1) is 21.5. The van der Waals surface area contributed by atoms with Crippen LogP contribution in [0.1, 0.15) is 30.9 Å². The Bertz CT molecular complexity index is 792. The molecule has 0 bridgehead atoms. The fourth-order valence-electron chi connectivity index (χ4n) is 1.80. The van der Waals surface area contributed by atoms with Gasteiger partial charge in [-0.3, -0.25) is 4.55 Å². The molecule has 0 heterocycles. The van der Waals surface area contributed by atoms with Crippen LogP contribution in [-0.2, 0) is 14.6 Å². The van der Waals surface area contributed by atoms with Gasteiger partial charge in [0.05, 0.1) is 6.61 Å². The molecular weight excluding hydrogens is 360 g/mol. The van der Waals surface area contributed by atoms with Crippen molar-refractivity contribution in [2.45, 2.75) is 19.8 Å². The highest BCUT2D eigenvalue weighted by molar-refractivity contribution is 7.80. The number of benzene rings is 2. The molecule has 2 aromatic carbocycles. The van der Waals surface area contributed by atoms with Crippen LogP contribution in [0.3, 0.4) is 0 Å². The van der Waals surface area contributed by atoms with Crippen molar-refractivity contribution in [2.24, 2.45) is 0 Å². The van der Waals surface area contributed by atoms with E-state index in [4.69, 9.17) is 9.66 Å². The third kappa shape index (κ3) is 9.67. The molecule has 0 unspecified atom stereocenters. The van der Waals surface area contributed by atoms with Gasteiger partial charge in [-0.1, -0.05) is 37.6 Å². The Hall–Kier alpha value is -2.55. The van der Waals surface area contributed by atoms with Crippen molar-refractivity contribution >= 4 is 22.6 Å². The van der Waals surface area contributed by atoms with Crippen LogP contribution in [0.2, 0.25) is 0 Å².